The maximum atomic E-state index is 6.13. The van der Waals surface area contributed by atoms with Gasteiger partial charge in [0, 0.05) is 18.8 Å². The Labute approximate surface area is 97.7 Å². The van der Waals surface area contributed by atoms with E-state index in [9.17, 15) is 0 Å². The summed E-state index contributed by atoms with van der Waals surface area (Å²) in [5.41, 5.74) is 8.11. The lowest BCUT2D eigenvalue weighted by atomic mass is 9.99. The summed E-state index contributed by atoms with van der Waals surface area (Å²) in [6.07, 6.45) is 6.90. The van der Waals surface area contributed by atoms with Crippen LogP contribution in [-0.4, -0.2) is 17.6 Å². The molecule has 1 unspecified atom stereocenters. The Bertz CT molecular complexity index is 362. The first-order chi connectivity index (χ1) is 7.74. The molecule has 16 heavy (non-hydrogen) atoms. The summed E-state index contributed by atoms with van der Waals surface area (Å²) < 4.78 is 0. The van der Waals surface area contributed by atoms with E-state index in [1.165, 1.54) is 25.7 Å². The minimum Gasteiger partial charge on any atom is -0.396 e. The molecule has 1 aliphatic heterocycles. The Balaban J connectivity index is 2.30. The Hall–Kier alpha value is -1.25. The summed E-state index contributed by atoms with van der Waals surface area (Å²) in [7, 11) is 0. The summed E-state index contributed by atoms with van der Waals surface area (Å²) in [5, 5.41) is 0. The molecule has 0 radical (unpaired) electrons. The zero-order chi connectivity index (χ0) is 11.5. The van der Waals surface area contributed by atoms with Gasteiger partial charge in [-0.25, -0.2) is 4.98 Å². The van der Waals surface area contributed by atoms with E-state index in [1.807, 2.05) is 19.2 Å². The molecule has 3 nitrogen and oxygen atoms in total. The molecule has 3 heteroatoms. The van der Waals surface area contributed by atoms with Crippen LogP contribution in [0.4, 0.5) is 11.5 Å². The zero-order valence-corrected chi connectivity index (χ0v) is 10.2. The number of hydrogen-bond acceptors (Lipinski definition) is 3. The van der Waals surface area contributed by atoms with Gasteiger partial charge in [-0.05, 0) is 44.2 Å². The Morgan fingerprint density at radius 2 is 2.31 bits per heavy atom. The van der Waals surface area contributed by atoms with Crippen LogP contribution in [0.2, 0.25) is 0 Å². The molecule has 1 saturated heterocycles. The third kappa shape index (κ3) is 1.99. The van der Waals surface area contributed by atoms with Gasteiger partial charge in [-0.15, -0.1) is 0 Å². The maximum Gasteiger partial charge on any atom is 0.152 e. The smallest absolute Gasteiger partial charge is 0.152 e. The topological polar surface area (TPSA) is 42.2 Å². The van der Waals surface area contributed by atoms with Crippen molar-refractivity contribution in [2.75, 3.05) is 17.2 Å². The lowest BCUT2D eigenvalue weighted by molar-refractivity contribution is 0.447. The summed E-state index contributed by atoms with van der Waals surface area (Å²) in [6, 6.07) is 2.59. The minimum absolute atomic E-state index is 0.616. The normalized spacial score (nSPS) is 21.1. The van der Waals surface area contributed by atoms with E-state index >= 15 is 0 Å². The second-order valence-electron chi connectivity index (χ2n) is 4.62. The molecule has 0 amide bonds. The Morgan fingerprint density at radius 1 is 1.50 bits per heavy atom. The van der Waals surface area contributed by atoms with Crippen molar-refractivity contribution in [3.63, 3.8) is 0 Å². The van der Waals surface area contributed by atoms with Crippen molar-refractivity contribution in [1.29, 1.82) is 0 Å². The molecular weight excluding hydrogens is 198 g/mol. The molecular formula is C13H21N3. The largest absolute Gasteiger partial charge is 0.396 e. The second kappa shape index (κ2) is 4.73. The van der Waals surface area contributed by atoms with Crippen LogP contribution < -0.4 is 10.6 Å². The summed E-state index contributed by atoms with van der Waals surface area (Å²) in [5.74, 6) is 0.992. The summed E-state index contributed by atoms with van der Waals surface area (Å²) in [4.78, 5) is 6.86. The summed E-state index contributed by atoms with van der Waals surface area (Å²) >= 11 is 0. The quantitative estimate of drug-likeness (QED) is 0.831. The van der Waals surface area contributed by atoms with Crippen molar-refractivity contribution in [1.82, 2.24) is 4.98 Å². The molecule has 0 bridgehead atoms. The van der Waals surface area contributed by atoms with E-state index in [4.69, 9.17) is 5.73 Å². The van der Waals surface area contributed by atoms with Gasteiger partial charge in [0.15, 0.2) is 5.82 Å². The standard InChI is InChI=1S/C13H21N3/c1-3-11-6-4-5-9-16(11)13-12(14)10(2)7-8-15-13/h7-8,11H,3-6,9,14H2,1-2H3. The van der Waals surface area contributed by atoms with Crippen molar-refractivity contribution in [3.8, 4) is 0 Å². The monoisotopic (exact) mass is 219 g/mol. The average Bonchev–Trinajstić information content (AvgIpc) is 2.33. The van der Waals surface area contributed by atoms with Gasteiger partial charge in [0.1, 0.15) is 0 Å². The first kappa shape index (κ1) is 11.2. The molecule has 2 rings (SSSR count). The van der Waals surface area contributed by atoms with E-state index in [0.29, 0.717) is 6.04 Å². The molecule has 2 heterocycles. The number of piperidine rings is 1. The second-order valence-corrected chi connectivity index (χ2v) is 4.62. The number of aromatic nitrogens is 1. The van der Waals surface area contributed by atoms with Crippen molar-refractivity contribution in [2.24, 2.45) is 0 Å². The van der Waals surface area contributed by atoms with Gasteiger partial charge in [0.2, 0.25) is 0 Å². The van der Waals surface area contributed by atoms with E-state index in [1.54, 1.807) is 0 Å². The summed E-state index contributed by atoms with van der Waals surface area (Å²) in [6.45, 7) is 5.39. The lowest BCUT2D eigenvalue weighted by Gasteiger charge is -2.37. The van der Waals surface area contributed by atoms with Crippen LogP contribution in [-0.2, 0) is 0 Å². The number of rotatable bonds is 2. The van der Waals surface area contributed by atoms with Crippen molar-refractivity contribution in [3.05, 3.63) is 17.8 Å². The molecule has 0 spiro atoms. The fourth-order valence-corrected chi connectivity index (χ4v) is 2.49. The van der Waals surface area contributed by atoms with E-state index in [0.717, 1.165) is 23.6 Å². The first-order valence-corrected chi connectivity index (χ1v) is 6.21. The Kier molecular flexibility index (Phi) is 3.32. The van der Waals surface area contributed by atoms with E-state index in [2.05, 4.69) is 16.8 Å². The molecule has 88 valence electrons. The Morgan fingerprint density at radius 3 is 3.06 bits per heavy atom. The van der Waals surface area contributed by atoms with Gasteiger partial charge in [-0.3, -0.25) is 0 Å². The van der Waals surface area contributed by atoms with Crippen LogP contribution in [0.25, 0.3) is 0 Å². The highest BCUT2D eigenvalue weighted by molar-refractivity contribution is 5.66. The molecule has 0 saturated carbocycles. The highest BCUT2D eigenvalue weighted by Crippen LogP contribution is 2.30. The maximum absolute atomic E-state index is 6.13. The fourth-order valence-electron chi connectivity index (χ4n) is 2.49. The van der Waals surface area contributed by atoms with Gasteiger partial charge in [-0.2, -0.15) is 0 Å². The van der Waals surface area contributed by atoms with Crippen LogP contribution in [0.5, 0.6) is 0 Å². The lowest BCUT2D eigenvalue weighted by Crippen LogP contribution is -2.40. The predicted molar refractivity (Wildman–Crippen MR) is 68.7 cm³/mol. The first-order valence-electron chi connectivity index (χ1n) is 6.21. The average molecular weight is 219 g/mol. The fraction of sp³-hybridized carbons (Fsp3) is 0.615. The molecule has 1 aliphatic rings. The van der Waals surface area contributed by atoms with Crippen LogP contribution in [0.15, 0.2) is 12.3 Å². The van der Waals surface area contributed by atoms with Crippen LogP contribution in [0.3, 0.4) is 0 Å². The number of nitrogens with zero attached hydrogens (tertiary/aromatic N) is 2. The number of anilines is 2. The van der Waals surface area contributed by atoms with Crippen LogP contribution in [0.1, 0.15) is 38.2 Å². The molecule has 2 N–H and O–H groups in total. The number of pyridine rings is 1. The van der Waals surface area contributed by atoms with E-state index < -0.39 is 0 Å². The van der Waals surface area contributed by atoms with Gasteiger partial charge in [-0.1, -0.05) is 6.92 Å². The highest BCUT2D eigenvalue weighted by Gasteiger charge is 2.23. The van der Waals surface area contributed by atoms with Gasteiger partial charge in [0.05, 0.1) is 5.69 Å². The molecule has 0 aromatic carbocycles. The molecule has 1 atom stereocenters. The highest BCUT2D eigenvalue weighted by atomic mass is 15.2. The molecule has 1 aromatic rings. The van der Waals surface area contributed by atoms with Gasteiger partial charge in [0.25, 0.3) is 0 Å². The molecule has 1 aromatic heterocycles. The van der Waals surface area contributed by atoms with E-state index in [-0.39, 0.29) is 0 Å². The molecule has 1 fully saturated rings. The number of nitrogens with two attached hydrogens (primary N) is 1. The number of nitrogen functional groups attached to an aromatic ring is 1. The van der Waals surface area contributed by atoms with Gasteiger partial charge >= 0.3 is 0 Å². The SMILES string of the molecule is CCC1CCCCN1c1nccc(C)c1N. The van der Waals surface area contributed by atoms with Crippen LogP contribution >= 0.6 is 0 Å². The van der Waals surface area contributed by atoms with Crippen molar-refractivity contribution in [2.45, 2.75) is 45.6 Å². The van der Waals surface area contributed by atoms with Gasteiger partial charge < -0.3 is 10.6 Å². The minimum atomic E-state index is 0.616. The predicted octanol–water partition coefficient (Wildman–Crippen LogP) is 2.74. The van der Waals surface area contributed by atoms with Crippen molar-refractivity contribution >= 4 is 11.5 Å². The van der Waals surface area contributed by atoms with Crippen molar-refractivity contribution < 1.29 is 0 Å². The zero-order valence-electron chi connectivity index (χ0n) is 10.2. The third-order valence-corrected chi connectivity index (χ3v) is 3.56. The van der Waals surface area contributed by atoms with Crippen LogP contribution in [0, 0.1) is 6.92 Å². The number of aryl methyl sites for hydroxylation is 1. The third-order valence-electron chi connectivity index (χ3n) is 3.56. The number of hydrogen-bond donors (Lipinski definition) is 1. The molecule has 0 aliphatic carbocycles.